The fraction of sp³-hybridized carbons (Fsp3) is 0.344. The lowest BCUT2D eigenvalue weighted by Crippen LogP contribution is -2.32. The van der Waals surface area contributed by atoms with Gasteiger partial charge in [0.15, 0.2) is 12.5 Å². The number of rotatable bonds is 13. The summed E-state index contributed by atoms with van der Waals surface area (Å²) in [4.78, 5) is 62.8. The molecule has 18 nitrogen and oxygen atoms in total. The summed E-state index contributed by atoms with van der Waals surface area (Å²) in [6.45, 7) is -0.490. The fourth-order valence-corrected chi connectivity index (χ4v) is 4.80. The maximum absolute atomic E-state index is 13.3. The van der Waals surface area contributed by atoms with E-state index >= 15 is 0 Å². The third kappa shape index (κ3) is 8.27. The van der Waals surface area contributed by atoms with Crippen LogP contribution in [0.4, 0.5) is 22.1 Å². The number of carbonyl (C=O) groups is 4. The van der Waals surface area contributed by atoms with Gasteiger partial charge in [-0.25, -0.2) is 14.8 Å². The number of likely N-dealkylation sites (N-methyl/N-ethyl adjacent to an activating group) is 1. The van der Waals surface area contributed by atoms with Crippen molar-refractivity contribution in [3.8, 4) is 17.1 Å². The molecular weight excluding hydrogens is 650 g/mol. The highest BCUT2D eigenvalue weighted by atomic mass is 16.6. The van der Waals surface area contributed by atoms with Gasteiger partial charge in [-0.2, -0.15) is 4.80 Å². The van der Waals surface area contributed by atoms with Gasteiger partial charge in [0, 0.05) is 44.0 Å². The lowest BCUT2D eigenvalue weighted by molar-refractivity contribution is -0.143. The number of carbonyl (C=O) groups excluding carboxylic acids is 4. The molecule has 1 fully saturated rings. The lowest BCUT2D eigenvalue weighted by Gasteiger charge is -2.21. The van der Waals surface area contributed by atoms with Gasteiger partial charge in [0.2, 0.25) is 11.7 Å². The lowest BCUT2D eigenvalue weighted by atomic mass is 10.1. The summed E-state index contributed by atoms with van der Waals surface area (Å²) in [6.07, 6.45) is 3.62. The molecule has 1 aliphatic carbocycles. The molecule has 50 heavy (non-hydrogen) atoms. The summed E-state index contributed by atoms with van der Waals surface area (Å²) in [7, 11) is 7.66. The Bertz CT molecular complexity index is 1970. The van der Waals surface area contributed by atoms with Crippen molar-refractivity contribution in [3.63, 3.8) is 0 Å². The Morgan fingerprint density at radius 3 is 2.58 bits per heavy atom. The zero-order valence-electron chi connectivity index (χ0n) is 28.2. The molecule has 262 valence electrons. The summed E-state index contributed by atoms with van der Waals surface area (Å²) in [5.74, 6) is -0.239. The molecule has 0 bridgehead atoms. The van der Waals surface area contributed by atoms with Crippen molar-refractivity contribution in [2.24, 2.45) is 18.0 Å². The number of benzene rings is 1. The van der Waals surface area contributed by atoms with Crippen molar-refractivity contribution in [2.75, 3.05) is 45.0 Å². The first-order valence-corrected chi connectivity index (χ1v) is 15.5. The number of tetrazole rings is 1. The number of methoxy groups -OCH3 is 1. The van der Waals surface area contributed by atoms with Crippen molar-refractivity contribution in [2.45, 2.75) is 26.2 Å². The van der Waals surface area contributed by atoms with Crippen LogP contribution in [0.1, 0.15) is 28.8 Å². The Hall–Kier alpha value is -6.17. The number of hydrogen-bond donors (Lipinski definition) is 3. The number of para-hydroxylation sites is 1. The number of anilines is 2. The third-order valence-corrected chi connectivity index (χ3v) is 7.50. The number of amides is 3. The van der Waals surface area contributed by atoms with Gasteiger partial charge in [0.05, 0.1) is 37.2 Å². The number of ether oxygens (including phenoxy) is 3. The molecule has 3 N–H and O–H groups in total. The number of nitrogens with one attached hydrogen (secondary N) is 3. The van der Waals surface area contributed by atoms with Gasteiger partial charge in [-0.1, -0.05) is 12.1 Å². The van der Waals surface area contributed by atoms with Crippen LogP contribution in [0.15, 0.2) is 53.8 Å². The van der Waals surface area contributed by atoms with Crippen LogP contribution in [-0.2, 0) is 39.4 Å². The van der Waals surface area contributed by atoms with Gasteiger partial charge in [-0.15, -0.1) is 10.2 Å². The number of pyridine rings is 2. The van der Waals surface area contributed by atoms with Gasteiger partial charge in [-0.05, 0) is 43.3 Å². The Morgan fingerprint density at radius 2 is 1.90 bits per heavy atom. The van der Waals surface area contributed by atoms with E-state index in [2.05, 4.69) is 36.3 Å². The summed E-state index contributed by atoms with van der Waals surface area (Å²) in [5, 5.41) is 20.6. The molecule has 3 aromatic heterocycles. The molecular formula is C32H37N11O7. The zero-order chi connectivity index (χ0) is 35.8. The van der Waals surface area contributed by atoms with Crippen LogP contribution in [-0.4, -0.2) is 88.4 Å². The first-order valence-electron chi connectivity index (χ1n) is 15.5. The van der Waals surface area contributed by atoms with Crippen LogP contribution in [0.25, 0.3) is 11.4 Å². The SMILES string of the molecule is CNCC(=O)OCc1cccnc1N(C)C(=O)OCn1cc(C(=O)NC)c(=Nc2cccc(-c3nnn(C)n3)c2OC)cc1NC(=O)C1CC1. The average molecular weight is 688 g/mol. The molecule has 3 amide bonds. The topological polar surface area (TPSA) is 209 Å². The minimum Gasteiger partial charge on any atom is -0.494 e. The predicted octanol–water partition coefficient (Wildman–Crippen LogP) is 1.52. The molecule has 0 spiro atoms. The van der Waals surface area contributed by atoms with Crippen LogP contribution in [0.2, 0.25) is 0 Å². The van der Waals surface area contributed by atoms with Crippen molar-refractivity contribution in [1.82, 2.24) is 40.4 Å². The van der Waals surface area contributed by atoms with Gasteiger partial charge in [0.1, 0.15) is 23.9 Å². The summed E-state index contributed by atoms with van der Waals surface area (Å²) < 4.78 is 18.0. The monoisotopic (exact) mass is 687 g/mol. The zero-order valence-corrected chi connectivity index (χ0v) is 28.2. The molecule has 5 rings (SSSR count). The first kappa shape index (κ1) is 35.1. The minimum absolute atomic E-state index is 0.0225. The molecule has 0 radical (unpaired) electrons. The van der Waals surface area contributed by atoms with Crippen LogP contribution in [0.3, 0.4) is 0 Å². The number of aryl methyl sites for hydroxylation is 1. The third-order valence-electron chi connectivity index (χ3n) is 7.50. The van der Waals surface area contributed by atoms with E-state index in [1.165, 1.54) is 53.9 Å². The Morgan fingerprint density at radius 1 is 1.10 bits per heavy atom. The first-order chi connectivity index (χ1) is 24.1. The maximum atomic E-state index is 13.3. The van der Waals surface area contributed by atoms with E-state index in [1.807, 2.05) is 0 Å². The molecule has 0 unspecified atom stereocenters. The number of esters is 1. The highest BCUT2D eigenvalue weighted by Gasteiger charge is 2.30. The van der Waals surface area contributed by atoms with Crippen molar-refractivity contribution in [1.29, 1.82) is 0 Å². The smallest absolute Gasteiger partial charge is 0.416 e. The van der Waals surface area contributed by atoms with Gasteiger partial charge >= 0.3 is 12.1 Å². The molecule has 18 heteroatoms. The Kier molecular flexibility index (Phi) is 11.1. The maximum Gasteiger partial charge on any atom is 0.416 e. The predicted molar refractivity (Wildman–Crippen MR) is 178 cm³/mol. The molecule has 1 aromatic carbocycles. The minimum atomic E-state index is -0.798. The highest BCUT2D eigenvalue weighted by Crippen LogP contribution is 2.36. The highest BCUT2D eigenvalue weighted by molar-refractivity contribution is 5.96. The van der Waals surface area contributed by atoms with Gasteiger partial charge in [-0.3, -0.25) is 23.9 Å². The van der Waals surface area contributed by atoms with Crippen LogP contribution in [0.5, 0.6) is 5.75 Å². The van der Waals surface area contributed by atoms with E-state index in [0.29, 0.717) is 28.4 Å². The van der Waals surface area contributed by atoms with Crippen molar-refractivity contribution < 1.29 is 33.4 Å². The summed E-state index contributed by atoms with van der Waals surface area (Å²) >= 11 is 0. The van der Waals surface area contributed by atoms with E-state index in [4.69, 9.17) is 19.2 Å². The molecule has 1 saturated carbocycles. The van der Waals surface area contributed by atoms with Gasteiger partial charge < -0.3 is 30.2 Å². The number of nitrogens with zero attached hydrogens (tertiary/aromatic N) is 8. The van der Waals surface area contributed by atoms with E-state index in [0.717, 1.165) is 12.8 Å². The molecule has 4 aromatic rings. The number of hydrogen-bond acceptors (Lipinski definition) is 13. The van der Waals surface area contributed by atoms with E-state index in [9.17, 15) is 19.2 Å². The van der Waals surface area contributed by atoms with E-state index < -0.39 is 24.7 Å². The molecule has 1 aliphatic rings. The van der Waals surface area contributed by atoms with Crippen LogP contribution in [0, 0.1) is 5.92 Å². The molecule has 3 heterocycles. The number of aromatic nitrogens is 6. The second kappa shape index (κ2) is 15.8. The molecule has 0 aliphatic heterocycles. The second-order valence-electron chi connectivity index (χ2n) is 11.1. The largest absolute Gasteiger partial charge is 0.494 e. The fourth-order valence-electron chi connectivity index (χ4n) is 4.80. The average Bonchev–Trinajstić information content (AvgIpc) is 3.89. The quantitative estimate of drug-likeness (QED) is 0.171. The van der Waals surface area contributed by atoms with E-state index in [1.54, 1.807) is 44.4 Å². The van der Waals surface area contributed by atoms with Crippen LogP contribution < -0.4 is 30.9 Å². The van der Waals surface area contributed by atoms with Crippen molar-refractivity contribution >= 4 is 41.2 Å². The van der Waals surface area contributed by atoms with E-state index in [-0.39, 0.29) is 47.5 Å². The second-order valence-corrected chi connectivity index (χ2v) is 11.1. The van der Waals surface area contributed by atoms with Gasteiger partial charge in [0.25, 0.3) is 5.91 Å². The standard InChI is InChI=1S/C32H37N11O7/c1-33-15-26(44)49-17-20-8-7-13-35-29(20)41(3)32(47)50-18-43-16-22(31(46)34-2)24(14-25(43)37-30(45)19-11-12-19)36-23-10-6-9-21(27(23)48-5)28-38-40-42(4)39-28/h6-10,13-14,16,19,33H,11-12,15,17-18H2,1-5H3,(H,34,46)(H,37,45). The summed E-state index contributed by atoms with van der Waals surface area (Å²) in [5.41, 5.74) is 1.47. The van der Waals surface area contributed by atoms with Crippen molar-refractivity contribution in [3.05, 3.63) is 65.3 Å². The Labute approximate surface area is 286 Å². The molecule has 0 saturated heterocycles. The van der Waals surface area contributed by atoms with Crippen LogP contribution >= 0.6 is 0 Å². The summed E-state index contributed by atoms with van der Waals surface area (Å²) in [6, 6.07) is 10.0. The Balaban J connectivity index is 1.49. The molecule has 0 atom stereocenters. The normalized spacial score (nSPS) is 12.6.